The van der Waals surface area contributed by atoms with Gasteiger partial charge in [0, 0.05) is 10.0 Å². The lowest BCUT2D eigenvalue weighted by Crippen LogP contribution is -2.02. The molecule has 1 unspecified atom stereocenters. The van der Waals surface area contributed by atoms with E-state index in [2.05, 4.69) is 15.9 Å². The summed E-state index contributed by atoms with van der Waals surface area (Å²) in [6.45, 7) is 1.93. The number of rotatable bonds is 3. The molecule has 100 valence electrons. The summed E-state index contributed by atoms with van der Waals surface area (Å²) in [4.78, 5) is 0. The van der Waals surface area contributed by atoms with Crippen molar-refractivity contribution in [3.8, 4) is 5.75 Å². The molecule has 1 N–H and O–H groups in total. The molecule has 0 aliphatic heterocycles. The van der Waals surface area contributed by atoms with Gasteiger partial charge in [0.2, 0.25) is 0 Å². The molecular weight excluding hydrogens is 311 g/mol. The van der Waals surface area contributed by atoms with Gasteiger partial charge in [-0.3, -0.25) is 0 Å². The standard InChI is InChI=1S/C15H14BrFO2/c1-9-7-13(16)12(8-14(9)19-2)15(18)10-3-5-11(17)6-4-10/h3-8,15,18H,1-2H3. The Kier molecular flexibility index (Phi) is 4.22. The van der Waals surface area contributed by atoms with E-state index >= 15 is 0 Å². The Morgan fingerprint density at radius 3 is 2.42 bits per heavy atom. The SMILES string of the molecule is COc1cc(C(O)c2ccc(F)cc2)c(Br)cc1C. The van der Waals surface area contributed by atoms with Crippen molar-refractivity contribution in [3.05, 3.63) is 63.4 Å². The highest BCUT2D eigenvalue weighted by Crippen LogP contribution is 2.33. The van der Waals surface area contributed by atoms with Gasteiger partial charge in [-0.2, -0.15) is 0 Å². The van der Waals surface area contributed by atoms with Crippen molar-refractivity contribution in [2.75, 3.05) is 7.11 Å². The second kappa shape index (κ2) is 5.72. The Balaban J connectivity index is 2.43. The normalized spacial score (nSPS) is 12.3. The predicted molar refractivity (Wildman–Crippen MR) is 75.9 cm³/mol. The topological polar surface area (TPSA) is 29.5 Å². The van der Waals surface area contributed by atoms with E-state index in [-0.39, 0.29) is 5.82 Å². The van der Waals surface area contributed by atoms with Gasteiger partial charge in [-0.1, -0.05) is 28.1 Å². The Hall–Kier alpha value is -1.39. The number of aryl methyl sites for hydroxylation is 1. The molecule has 0 spiro atoms. The van der Waals surface area contributed by atoms with Crippen molar-refractivity contribution < 1.29 is 14.2 Å². The number of benzene rings is 2. The van der Waals surface area contributed by atoms with E-state index in [0.717, 1.165) is 10.0 Å². The van der Waals surface area contributed by atoms with Gasteiger partial charge in [-0.25, -0.2) is 4.39 Å². The van der Waals surface area contributed by atoms with Crippen LogP contribution in [-0.4, -0.2) is 12.2 Å². The number of ether oxygens (including phenoxy) is 1. The molecule has 0 radical (unpaired) electrons. The summed E-state index contributed by atoms with van der Waals surface area (Å²) in [5.41, 5.74) is 2.30. The number of halogens is 2. The van der Waals surface area contributed by atoms with Gasteiger partial charge in [0.05, 0.1) is 7.11 Å². The van der Waals surface area contributed by atoms with E-state index in [9.17, 15) is 9.50 Å². The summed E-state index contributed by atoms with van der Waals surface area (Å²) >= 11 is 3.43. The van der Waals surface area contributed by atoms with Crippen molar-refractivity contribution >= 4 is 15.9 Å². The maximum Gasteiger partial charge on any atom is 0.123 e. The third-order valence-corrected chi connectivity index (χ3v) is 3.68. The molecule has 0 bridgehead atoms. The summed E-state index contributed by atoms with van der Waals surface area (Å²) in [6.07, 6.45) is -0.829. The fourth-order valence-electron chi connectivity index (χ4n) is 1.92. The first-order valence-electron chi connectivity index (χ1n) is 5.80. The molecule has 0 aliphatic rings. The minimum atomic E-state index is -0.829. The lowest BCUT2D eigenvalue weighted by Gasteiger charge is -2.16. The van der Waals surface area contributed by atoms with Gasteiger partial charge in [-0.05, 0) is 42.3 Å². The van der Waals surface area contributed by atoms with Crippen molar-refractivity contribution in [1.82, 2.24) is 0 Å². The minimum Gasteiger partial charge on any atom is -0.496 e. The van der Waals surface area contributed by atoms with E-state index in [0.29, 0.717) is 16.9 Å². The van der Waals surface area contributed by atoms with Crippen LogP contribution in [0.4, 0.5) is 4.39 Å². The molecule has 4 heteroatoms. The molecular formula is C15H14BrFO2. The van der Waals surface area contributed by atoms with Gasteiger partial charge < -0.3 is 9.84 Å². The number of methoxy groups -OCH3 is 1. The van der Waals surface area contributed by atoms with Crippen molar-refractivity contribution in [1.29, 1.82) is 0 Å². The quantitative estimate of drug-likeness (QED) is 0.925. The summed E-state index contributed by atoms with van der Waals surface area (Å²) < 4.78 is 18.9. The van der Waals surface area contributed by atoms with Gasteiger partial charge >= 0.3 is 0 Å². The smallest absolute Gasteiger partial charge is 0.123 e. The molecule has 2 aromatic rings. The predicted octanol–water partition coefficient (Wildman–Crippen LogP) is 3.99. The van der Waals surface area contributed by atoms with Crippen molar-refractivity contribution in [2.24, 2.45) is 0 Å². The van der Waals surface area contributed by atoms with Gasteiger partial charge in [0.1, 0.15) is 17.7 Å². The lowest BCUT2D eigenvalue weighted by molar-refractivity contribution is 0.219. The zero-order valence-electron chi connectivity index (χ0n) is 10.7. The maximum absolute atomic E-state index is 12.9. The van der Waals surface area contributed by atoms with E-state index in [1.54, 1.807) is 25.3 Å². The molecule has 0 aliphatic carbocycles. The molecule has 0 heterocycles. The molecule has 2 nitrogen and oxygen atoms in total. The number of aliphatic hydroxyl groups is 1. The van der Waals surface area contributed by atoms with Crippen molar-refractivity contribution in [3.63, 3.8) is 0 Å². The summed E-state index contributed by atoms with van der Waals surface area (Å²) in [6, 6.07) is 9.47. The van der Waals surface area contributed by atoms with E-state index in [1.165, 1.54) is 12.1 Å². The zero-order chi connectivity index (χ0) is 14.0. The molecule has 2 aromatic carbocycles. The average Bonchev–Trinajstić information content (AvgIpc) is 2.39. The summed E-state index contributed by atoms with van der Waals surface area (Å²) in [5, 5.41) is 10.4. The Bertz CT molecular complexity index is 581. The second-order valence-electron chi connectivity index (χ2n) is 4.30. The average molecular weight is 325 g/mol. The first kappa shape index (κ1) is 14.0. The van der Waals surface area contributed by atoms with Crippen LogP contribution in [0.1, 0.15) is 22.8 Å². The first-order chi connectivity index (χ1) is 9.02. The number of aliphatic hydroxyl groups excluding tert-OH is 1. The molecule has 0 saturated carbocycles. The van der Waals surface area contributed by atoms with E-state index < -0.39 is 6.10 Å². The summed E-state index contributed by atoms with van der Waals surface area (Å²) in [7, 11) is 1.59. The highest BCUT2D eigenvalue weighted by atomic mass is 79.9. The van der Waals surface area contributed by atoms with Crippen LogP contribution in [0.15, 0.2) is 40.9 Å². The summed E-state index contributed by atoms with van der Waals surface area (Å²) in [5.74, 6) is 0.385. The Morgan fingerprint density at radius 1 is 1.21 bits per heavy atom. The van der Waals surface area contributed by atoms with Gasteiger partial charge in [0.25, 0.3) is 0 Å². The molecule has 0 fully saturated rings. The molecule has 0 amide bonds. The maximum atomic E-state index is 12.9. The Morgan fingerprint density at radius 2 is 1.84 bits per heavy atom. The largest absolute Gasteiger partial charge is 0.496 e. The lowest BCUT2D eigenvalue weighted by atomic mass is 10.00. The second-order valence-corrected chi connectivity index (χ2v) is 5.15. The van der Waals surface area contributed by atoms with Crippen molar-refractivity contribution in [2.45, 2.75) is 13.0 Å². The van der Waals surface area contributed by atoms with Crippen LogP contribution in [0.3, 0.4) is 0 Å². The van der Waals surface area contributed by atoms with Crippen LogP contribution in [0.5, 0.6) is 5.75 Å². The van der Waals surface area contributed by atoms with E-state index in [4.69, 9.17) is 4.74 Å². The molecule has 2 rings (SSSR count). The van der Waals surface area contributed by atoms with Gasteiger partial charge in [0.15, 0.2) is 0 Å². The minimum absolute atomic E-state index is 0.323. The van der Waals surface area contributed by atoms with Crippen LogP contribution in [0.25, 0.3) is 0 Å². The highest BCUT2D eigenvalue weighted by molar-refractivity contribution is 9.10. The van der Waals surface area contributed by atoms with Crippen LogP contribution in [0.2, 0.25) is 0 Å². The monoisotopic (exact) mass is 324 g/mol. The van der Waals surface area contributed by atoms with Crippen LogP contribution < -0.4 is 4.74 Å². The number of hydrogen-bond acceptors (Lipinski definition) is 2. The first-order valence-corrected chi connectivity index (χ1v) is 6.59. The highest BCUT2D eigenvalue weighted by Gasteiger charge is 2.16. The van der Waals surface area contributed by atoms with E-state index in [1.807, 2.05) is 13.0 Å². The zero-order valence-corrected chi connectivity index (χ0v) is 12.2. The fraction of sp³-hybridized carbons (Fsp3) is 0.200. The van der Waals surface area contributed by atoms with Crippen LogP contribution >= 0.6 is 15.9 Å². The molecule has 0 saturated heterocycles. The van der Waals surface area contributed by atoms with Crippen LogP contribution in [0, 0.1) is 12.7 Å². The van der Waals surface area contributed by atoms with Crippen LogP contribution in [-0.2, 0) is 0 Å². The van der Waals surface area contributed by atoms with Gasteiger partial charge in [-0.15, -0.1) is 0 Å². The molecule has 0 aromatic heterocycles. The molecule has 19 heavy (non-hydrogen) atoms. The number of hydrogen-bond donors (Lipinski definition) is 1. The molecule has 1 atom stereocenters. The third-order valence-electron chi connectivity index (χ3n) is 2.99. The Labute approximate surface area is 120 Å². The fourth-order valence-corrected chi connectivity index (χ4v) is 2.60. The third kappa shape index (κ3) is 2.96.